The minimum atomic E-state index is -2.31. The molecule has 0 bridgehead atoms. The summed E-state index contributed by atoms with van der Waals surface area (Å²) in [5.74, 6) is 0. The molecule has 0 amide bonds. The molecule has 0 saturated carbocycles. The molecule has 0 heterocycles. The molecule has 92 valence electrons. The molecule has 0 atom stereocenters. The molecule has 0 aromatic heterocycles. The Morgan fingerprint density at radius 2 is 1.40 bits per heavy atom. The van der Waals surface area contributed by atoms with E-state index in [0.29, 0.717) is 0 Å². The fourth-order valence-electron chi connectivity index (χ4n) is 1.50. The van der Waals surface area contributed by atoms with Gasteiger partial charge in [0.05, 0.1) is 0 Å². The van der Waals surface area contributed by atoms with Crippen LogP contribution in [0.2, 0.25) is 6.04 Å². The van der Waals surface area contributed by atoms with E-state index < -0.39 is 8.80 Å². The molecule has 5 heteroatoms. The van der Waals surface area contributed by atoms with Crippen molar-refractivity contribution in [1.82, 2.24) is 4.90 Å². The molecule has 15 heavy (non-hydrogen) atoms. The predicted molar refractivity (Wildman–Crippen MR) is 64.0 cm³/mol. The minimum Gasteiger partial charge on any atom is -0.377 e. The van der Waals surface area contributed by atoms with Crippen LogP contribution in [0.5, 0.6) is 0 Å². The molecule has 0 aliphatic heterocycles. The van der Waals surface area contributed by atoms with Gasteiger partial charge in [0.25, 0.3) is 0 Å². The van der Waals surface area contributed by atoms with Crippen molar-refractivity contribution < 1.29 is 13.3 Å². The second-order valence-corrected chi connectivity index (χ2v) is 7.00. The van der Waals surface area contributed by atoms with E-state index in [2.05, 4.69) is 19.0 Å². The van der Waals surface area contributed by atoms with Crippen LogP contribution in [-0.2, 0) is 13.3 Å². The molecule has 4 nitrogen and oxygen atoms in total. The van der Waals surface area contributed by atoms with Crippen LogP contribution < -0.4 is 0 Å². The van der Waals surface area contributed by atoms with Crippen molar-refractivity contribution in [2.45, 2.75) is 25.3 Å². The lowest BCUT2D eigenvalue weighted by atomic mass is 10.2. The molecule has 0 saturated heterocycles. The Morgan fingerprint density at radius 1 is 0.867 bits per heavy atom. The van der Waals surface area contributed by atoms with E-state index in [1.165, 1.54) is 12.8 Å². The van der Waals surface area contributed by atoms with Gasteiger partial charge in [0, 0.05) is 27.4 Å². The lowest BCUT2D eigenvalue weighted by molar-refractivity contribution is 0.122. The predicted octanol–water partition coefficient (Wildman–Crippen LogP) is 1.60. The van der Waals surface area contributed by atoms with Gasteiger partial charge in [-0.25, -0.2) is 0 Å². The summed E-state index contributed by atoms with van der Waals surface area (Å²) in [5, 5.41) is 0. The zero-order valence-electron chi connectivity index (χ0n) is 10.7. The second-order valence-electron chi connectivity index (χ2n) is 3.91. The summed E-state index contributed by atoms with van der Waals surface area (Å²) in [6.07, 6.45) is 3.52. The summed E-state index contributed by atoms with van der Waals surface area (Å²) in [5.41, 5.74) is 0. The fraction of sp³-hybridized carbons (Fsp3) is 1.00. The maximum Gasteiger partial charge on any atom is 0.500 e. The Bertz CT molecular complexity index is 143. The van der Waals surface area contributed by atoms with Crippen LogP contribution in [0.15, 0.2) is 0 Å². The maximum absolute atomic E-state index is 5.35. The monoisotopic (exact) mass is 235 g/mol. The first-order chi connectivity index (χ1) is 7.10. The molecule has 0 rings (SSSR count). The topological polar surface area (TPSA) is 30.9 Å². The largest absolute Gasteiger partial charge is 0.500 e. The van der Waals surface area contributed by atoms with E-state index in [1.807, 2.05) is 0 Å². The van der Waals surface area contributed by atoms with Gasteiger partial charge in [0.2, 0.25) is 0 Å². The highest BCUT2D eigenvalue weighted by Gasteiger charge is 2.36. The molecule has 0 aliphatic carbocycles. The third-order valence-electron chi connectivity index (χ3n) is 2.52. The normalized spacial score (nSPS) is 12.4. The Kier molecular flexibility index (Phi) is 8.27. The summed E-state index contributed by atoms with van der Waals surface area (Å²) >= 11 is 0. The molecule has 0 aromatic rings. The summed E-state index contributed by atoms with van der Waals surface area (Å²) in [6, 6.07) is 0.907. The highest BCUT2D eigenvalue weighted by atomic mass is 28.4. The standard InChI is InChI=1S/C10H25NO3Si/c1-11(2)9-7-6-8-10-15(12-3,13-4)14-5/h6-10H2,1-5H3. The Balaban J connectivity index is 3.63. The molecule has 0 fully saturated rings. The molecule has 0 radical (unpaired) electrons. The maximum atomic E-state index is 5.35. The van der Waals surface area contributed by atoms with Gasteiger partial charge in [-0.3, -0.25) is 0 Å². The summed E-state index contributed by atoms with van der Waals surface area (Å²) in [4.78, 5) is 2.20. The quantitative estimate of drug-likeness (QED) is 0.449. The highest BCUT2D eigenvalue weighted by Crippen LogP contribution is 2.16. The average molecular weight is 235 g/mol. The van der Waals surface area contributed by atoms with E-state index in [9.17, 15) is 0 Å². The van der Waals surface area contributed by atoms with Crippen molar-refractivity contribution >= 4 is 8.80 Å². The smallest absolute Gasteiger partial charge is 0.377 e. The van der Waals surface area contributed by atoms with E-state index in [1.54, 1.807) is 21.3 Å². The zero-order chi connectivity index (χ0) is 11.7. The molecular formula is C10H25NO3Si. The molecular weight excluding hydrogens is 210 g/mol. The van der Waals surface area contributed by atoms with E-state index in [4.69, 9.17) is 13.3 Å². The number of hydrogen-bond donors (Lipinski definition) is 0. The van der Waals surface area contributed by atoms with Crippen molar-refractivity contribution in [3.8, 4) is 0 Å². The minimum absolute atomic E-state index is 0.907. The van der Waals surface area contributed by atoms with Crippen molar-refractivity contribution in [1.29, 1.82) is 0 Å². The molecule has 0 aromatic carbocycles. The van der Waals surface area contributed by atoms with Crippen LogP contribution in [0.25, 0.3) is 0 Å². The third-order valence-corrected chi connectivity index (χ3v) is 5.35. The van der Waals surface area contributed by atoms with Gasteiger partial charge < -0.3 is 18.2 Å². The second kappa shape index (κ2) is 8.24. The van der Waals surface area contributed by atoms with Crippen molar-refractivity contribution in [2.24, 2.45) is 0 Å². The number of unbranched alkanes of at least 4 members (excludes halogenated alkanes) is 2. The molecule has 0 spiro atoms. The van der Waals surface area contributed by atoms with Crippen LogP contribution in [0, 0.1) is 0 Å². The molecule has 0 N–H and O–H groups in total. The number of hydrogen-bond acceptors (Lipinski definition) is 4. The van der Waals surface area contributed by atoms with E-state index in [0.717, 1.165) is 19.0 Å². The lowest BCUT2D eigenvalue weighted by Crippen LogP contribution is -2.42. The van der Waals surface area contributed by atoms with E-state index >= 15 is 0 Å². The van der Waals surface area contributed by atoms with Crippen LogP contribution in [0.4, 0.5) is 0 Å². The van der Waals surface area contributed by atoms with Crippen molar-refractivity contribution in [3.63, 3.8) is 0 Å². The van der Waals surface area contributed by atoms with Gasteiger partial charge in [0.1, 0.15) is 0 Å². The van der Waals surface area contributed by atoms with Crippen molar-refractivity contribution in [2.75, 3.05) is 42.0 Å². The first-order valence-electron chi connectivity index (χ1n) is 5.40. The van der Waals surface area contributed by atoms with Gasteiger partial charge in [-0.1, -0.05) is 6.42 Å². The SMILES string of the molecule is CO[Si](CCCCCN(C)C)(OC)OC. The van der Waals surface area contributed by atoms with Gasteiger partial charge in [-0.05, 0) is 33.5 Å². The lowest BCUT2D eigenvalue weighted by Gasteiger charge is -2.24. The summed E-state index contributed by atoms with van der Waals surface area (Å²) in [7, 11) is 6.88. The van der Waals surface area contributed by atoms with Crippen LogP contribution in [-0.4, -0.2) is 55.7 Å². The Hall–Kier alpha value is 0.0569. The highest BCUT2D eigenvalue weighted by molar-refractivity contribution is 6.60. The zero-order valence-corrected chi connectivity index (χ0v) is 11.7. The summed E-state index contributed by atoms with van der Waals surface area (Å²) < 4.78 is 16.0. The van der Waals surface area contributed by atoms with Crippen molar-refractivity contribution in [3.05, 3.63) is 0 Å². The Labute approximate surface area is 94.9 Å². The number of rotatable bonds is 9. The van der Waals surface area contributed by atoms with Crippen LogP contribution >= 0.6 is 0 Å². The van der Waals surface area contributed by atoms with Crippen LogP contribution in [0.1, 0.15) is 19.3 Å². The molecule has 0 aliphatic rings. The van der Waals surface area contributed by atoms with Gasteiger partial charge in [0.15, 0.2) is 0 Å². The fourth-order valence-corrected chi connectivity index (χ4v) is 3.30. The number of nitrogens with zero attached hydrogens (tertiary/aromatic N) is 1. The third kappa shape index (κ3) is 6.27. The first-order valence-corrected chi connectivity index (χ1v) is 7.33. The molecule has 0 unspecified atom stereocenters. The van der Waals surface area contributed by atoms with Crippen LogP contribution in [0.3, 0.4) is 0 Å². The van der Waals surface area contributed by atoms with Gasteiger partial charge in [-0.2, -0.15) is 0 Å². The Morgan fingerprint density at radius 3 is 1.80 bits per heavy atom. The van der Waals surface area contributed by atoms with E-state index in [-0.39, 0.29) is 0 Å². The van der Waals surface area contributed by atoms with Gasteiger partial charge in [-0.15, -0.1) is 0 Å². The average Bonchev–Trinajstić information content (AvgIpc) is 2.24. The summed E-state index contributed by atoms with van der Waals surface area (Å²) in [6.45, 7) is 1.14. The van der Waals surface area contributed by atoms with Gasteiger partial charge >= 0.3 is 8.80 Å². The first kappa shape index (κ1) is 15.1.